The maximum Gasteiger partial charge on any atom is 0.323 e. The van der Waals surface area contributed by atoms with E-state index in [4.69, 9.17) is 9.47 Å². The van der Waals surface area contributed by atoms with Crippen LogP contribution in [0.1, 0.15) is 11.1 Å². The summed E-state index contributed by atoms with van der Waals surface area (Å²) in [7, 11) is -0.278. The van der Waals surface area contributed by atoms with Crippen molar-refractivity contribution in [1.82, 2.24) is 9.96 Å². The molecular formula is C26H40N2O4S2Si2. The fourth-order valence-electron chi connectivity index (χ4n) is 3.27. The number of hydrogen-bond acceptors (Lipinski definition) is 8. The van der Waals surface area contributed by atoms with Crippen molar-refractivity contribution in [3.63, 3.8) is 0 Å². The minimum atomic E-state index is -1.72. The third kappa shape index (κ3) is 13.1. The van der Waals surface area contributed by atoms with Crippen LogP contribution in [-0.2, 0) is 32.3 Å². The third-order valence-electron chi connectivity index (χ3n) is 4.78. The lowest BCUT2D eigenvalue weighted by molar-refractivity contribution is -0.147. The van der Waals surface area contributed by atoms with Gasteiger partial charge >= 0.3 is 11.9 Å². The van der Waals surface area contributed by atoms with E-state index in [1.165, 1.54) is 0 Å². The molecule has 0 unspecified atom stereocenters. The molecule has 6 nitrogen and oxygen atoms in total. The van der Waals surface area contributed by atoms with Crippen molar-refractivity contribution in [2.24, 2.45) is 0 Å². The highest BCUT2D eigenvalue weighted by molar-refractivity contribution is 8.76. The van der Waals surface area contributed by atoms with Crippen molar-refractivity contribution in [3.05, 3.63) is 71.8 Å². The zero-order valence-corrected chi connectivity index (χ0v) is 25.8. The summed E-state index contributed by atoms with van der Waals surface area (Å²) in [5.74, 6) is 0.629. The molecule has 0 aliphatic heterocycles. The van der Waals surface area contributed by atoms with Gasteiger partial charge in [-0.05, 0) is 11.1 Å². The highest BCUT2D eigenvalue weighted by atomic mass is 33.1. The Morgan fingerprint density at radius 1 is 0.667 bits per heavy atom. The van der Waals surface area contributed by atoms with E-state index in [0.29, 0.717) is 11.5 Å². The average molecular weight is 565 g/mol. The second kappa shape index (κ2) is 15.0. The van der Waals surface area contributed by atoms with E-state index in [-0.39, 0.29) is 25.2 Å². The summed E-state index contributed by atoms with van der Waals surface area (Å²) in [4.78, 5) is 32.8. The average Bonchev–Trinajstić information content (AvgIpc) is 2.82. The second-order valence-electron chi connectivity index (χ2n) is 10.6. The molecule has 2 atom stereocenters. The molecule has 36 heavy (non-hydrogen) atoms. The van der Waals surface area contributed by atoms with Gasteiger partial charge in [0.15, 0.2) is 0 Å². The van der Waals surface area contributed by atoms with Crippen molar-refractivity contribution in [1.29, 1.82) is 0 Å². The first-order valence-corrected chi connectivity index (χ1v) is 21.6. The van der Waals surface area contributed by atoms with Crippen LogP contribution in [0, 0.1) is 0 Å². The van der Waals surface area contributed by atoms with Crippen LogP contribution in [0.25, 0.3) is 0 Å². The van der Waals surface area contributed by atoms with Gasteiger partial charge in [0.1, 0.15) is 41.8 Å². The molecule has 0 fully saturated rings. The van der Waals surface area contributed by atoms with Crippen molar-refractivity contribution in [2.45, 2.75) is 64.6 Å². The quantitative estimate of drug-likeness (QED) is 0.128. The molecule has 2 aromatic carbocycles. The predicted molar refractivity (Wildman–Crippen MR) is 158 cm³/mol. The molecule has 0 spiro atoms. The van der Waals surface area contributed by atoms with Gasteiger partial charge in [-0.15, -0.1) is 0 Å². The van der Waals surface area contributed by atoms with Gasteiger partial charge in [-0.3, -0.25) is 9.59 Å². The third-order valence-corrected chi connectivity index (χ3v) is 9.64. The van der Waals surface area contributed by atoms with E-state index in [2.05, 4.69) is 49.2 Å². The molecule has 10 heteroatoms. The van der Waals surface area contributed by atoms with E-state index in [9.17, 15) is 9.59 Å². The van der Waals surface area contributed by atoms with Crippen LogP contribution < -0.4 is 9.96 Å². The minimum absolute atomic E-state index is 0.242. The molecule has 0 aliphatic carbocycles. The Morgan fingerprint density at radius 2 is 1.00 bits per heavy atom. The number of hydrogen-bond donors (Lipinski definition) is 2. The second-order valence-corrected chi connectivity index (χ2v) is 22.8. The SMILES string of the molecule is C[Si](C)(C)N[C@@H](CSSC[C@H](N[Si](C)(C)C)C(=O)OCc1ccccc1)C(=O)OCc1ccccc1. The van der Waals surface area contributed by atoms with Crippen LogP contribution in [0.4, 0.5) is 0 Å². The number of esters is 2. The predicted octanol–water partition coefficient (Wildman–Crippen LogP) is 5.44. The summed E-state index contributed by atoms with van der Waals surface area (Å²) in [6.07, 6.45) is 0. The highest BCUT2D eigenvalue weighted by Crippen LogP contribution is 2.25. The minimum Gasteiger partial charge on any atom is -0.460 e. The van der Waals surface area contributed by atoms with Crippen molar-refractivity contribution < 1.29 is 19.1 Å². The lowest BCUT2D eigenvalue weighted by Crippen LogP contribution is -2.53. The van der Waals surface area contributed by atoms with Gasteiger partial charge in [-0.1, -0.05) is 122 Å². The van der Waals surface area contributed by atoms with E-state index < -0.39 is 28.6 Å². The van der Waals surface area contributed by atoms with Crippen LogP contribution in [0.5, 0.6) is 0 Å². The zero-order chi connectivity index (χ0) is 26.6. The van der Waals surface area contributed by atoms with Gasteiger partial charge in [-0.25, -0.2) is 0 Å². The van der Waals surface area contributed by atoms with E-state index in [1.54, 1.807) is 21.6 Å². The first kappa shape index (κ1) is 30.7. The monoisotopic (exact) mass is 564 g/mol. The summed E-state index contributed by atoms with van der Waals surface area (Å²) >= 11 is 0. The highest BCUT2D eigenvalue weighted by Gasteiger charge is 2.29. The summed E-state index contributed by atoms with van der Waals surface area (Å²) in [6, 6.07) is 18.6. The molecule has 0 amide bonds. The number of rotatable bonds is 15. The van der Waals surface area contributed by atoms with Gasteiger partial charge in [0.2, 0.25) is 0 Å². The van der Waals surface area contributed by atoms with Crippen LogP contribution in [0.3, 0.4) is 0 Å². The molecule has 0 heterocycles. The van der Waals surface area contributed by atoms with Crippen LogP contribution >= 0.6 is 21.6 Å². The number of nitrogens with one attached hydrogen (secondary N) is 2. The van der Waals surface area contributed by atoms with Crippen LogP contribution in [0.15, 0.2) is 60.7 Å². The Labute approximate surface area is 226 Å². The molecule has 2 N–H and O–H groups in total. The number of carbonyl (C=O) groups is 2. The van der Waals surface area contributed by atoms with Crippen molar-refractivity contribution in [3.8, 4) is 0 Å². The van der Waals surface area contributed by atoms with Crippen LogP contribution in [-0.4, -0.2) is 52.0 Å². The molecule has 198 valence electrons. The molecule has 0 saturated heterocycles. The first-order chi connectivity index (χ1) is 16.9. The number of benzene rings is 2. The van der Waals surface area contributed by atoms with Gasteiger partial charge in [0, 0.05) is 11.5 Å². The first-order valence-electron chi connectivity index (χ1n) is 12.1. The van der Waals surface area contributed by atoms with E-state index in [1.807, 2.05) is 60.7 Å². The molecule has 0 saturated carbocycles. The van der Waals surface area contributed by atoms with Gasteiger partial charge in [0.05, 0.1) is 0 Å². The lowest BCUT2D eigenvalue weighted by atomic mass is 10.2. The van der Waals surface area contributed by atoms with E-state index in [0.717, 1.165) is 11.1 Å². The summed E-state index contributed by atoms with van der Waals surface area (Å²) in [6.45, 7) is 13.5. The fourth-order valence-corrected chi connectivity index (χ4v) is 8.40. The maximum absolute atomic E-state index is 12.9. The van der Waals surface area contributed by atoms with E-state index >= 15 is 0 Å². The largest absolute Gasteiger partial charge is 0.460 e. The molecule has 2 aromatic rings. The standard InChI is InChI=1S/C26H40N2O4S2Si2/c1-35(2,3)27-23(25(29)31-17-21-13-9-7-10-14-21)19-33-34-20-24(28-36(4,5)6)26(30)32-18-22-15-11-8-12-16-22/h7-16,23-24,27-28H,17-20H2,1-6H3/t23-,24-/m0/s1. The fraction of sp³-hybridized carbons (Fsp3) is 0.462. The molecular weight excluding hydrogens is 525 g/mol. The molecule has 0 bridgehead atoms. The smallest absolute Gasteiger partial charge is 0.323 e. The molecule has 0 aliphatic rings. The molecule has 2 rings (SSSR count). The maximum atomic E-state index is 12.9. The lowest BCUT2D eigenvalue weighted by Gasteiger charge is -2.27. The molecule has 0 radical (unpaired) electrons. The summed E-state index contributed by atoms with van der Waals surface area (Å²) in [5, 5.41) is 0. The summed E-state index contributed by atoms with van der Waals surface area (Å²) < 4.78 is 11.2. The molecule has 0 aromatic heterocycles. The number of ether oxygens (including phenoxy) is 2. The Hall–Kier alpha value is -1.57. The van der Waals surface area contributed by atoms with Crippen molar-refractivity contribution >= 4 is 50.0 Å². The van der Waals surface area contributed by atoms with Crippen LogP contribution in [0.2, 0.25) is 39.3 Å². The normalized spacial score (nSPS) is 13.6. The van der Waals surface area contributed by atoms with Gasteiger partial charge < -0.3 is 19.4 Å². The summed E-state index contributed by atoms with van der Waals surface area (Å²) in [5.41, 5.74) is 1.93. The van der Waals surface area contributed by atoms with Gasteiger partial charge in [-0.2, -0.15) is 0 Å². The van der Waals surface area contributed by atoms with Gasteiger partial charge in [0.25, 0.3) is 0 Å². The Bertz CT molecular complexity index is 861. The van der Waals surface area contributed by atoms with Crippen molar-refractivity contribution in [2.75, 3.05) is 11.5 Å². The number of carbonyl (C=O) groups excluding carboxylic acids is 2. The zero-order valence-electron chi connectivity index (χ0n) is 22.2. The Kier molecular flexibility index (Phi) is 12.8. The Balaban J connectivity index is 1.90. The topological polar surface area (TPSA) is 76.7 Å². The Morgan fingerprint density at radius 3 is 1.31 bits per heavy atom.